The molecule has 2 aromatic rings. The van der Waals surface area contributed by atoms with E-state index in [2.05, 4.69) is 24.3 Å². The van der Waals surface area contributed by atoms with Crippen molar-refractivity contribution in [3.63, 3.8) is 0 Å². The number of esters is 1. The van der Waals surface area contributed by atoms with Crippen LogP contribution in [0.25, 0.3) is 0 Å². The van der Waals surface area contributed by atoms with E-state index in [-0.39, 0.29) is 12.2 Å². The highest BCUT2D eigenvalue weighted by Crippen LogP contribution is 2.21. The van der Waals surface area contributed by atoms with Gasteiger partial charge in [0.15, 0.2) is 6.61 Å². The van der Waals surface area contributed by atoms with E-state index in [4.69, 9.17) is 18.6 Å². The van der Waals surface area contributed by atoms with Crippen molar-refractivity contribution in [3.05, 3.63) is 71.8 Å². The molecule has 1 aliphatic heterocycles. The minimum Gasteiger partial charge on any atom is -0.370 e. The molecular formula is C22H27O4+. The SMILES string of the molecule is CC[O+]=C1CC[C@H](OCc2ccccc2)[C@@H](COCc2ccccc2)O1. The average molecular weight is 355 g/mol. The molecule has 0 N–H and O–H groups in total. The maximum absolute atomic E-state index is 6.14. The van der Waals surface area contributed by atoms with Crippen molar-refractivity contribution in [2.45, 2.75) is 45.2 Å². The maximum Gasteiger partial charge on any atom is 0.485 e. The highest BCUT2D eigenvalue weighted by atomic mass is 16.6. The molecule has 0 aliphatic carbocycles. The maximum atomic E-state index is 6.14. The van der Waals surface area contributed by atoms with Gasteiger partial charge in [0.05, 0.1) is 13.2 Å². The lowest BCUT2D eigenvalue weighted by Gasteiger charge is -2.26. The Labute approximate surface area is 155 Å². The van der Waals surface area contributed by atoms with E-state index < -0.39 is 0 Å². The summed E-state index contributed by atoms with van der Waals surface area (Å²) in [6.45, 7) is 4.20. The van der Waals surface area contributed by atoms with Crippen molar-refractivity contribution in [2.24, 2.45) is 0 Å². The second-order valence-electron chi connectivity index (χ2n) is 6.34. The molecule has 2 aromatic carbocycles. The number of rotatable bonds is 8. The average Bonchev–Trinajstić information content (AvgIpc) is 2.69. The van der Waals surface area contributed by atoms with E-state index in [1.165, 1.54) is 0 Å². The molecule has 4 nitrogen and oxygen atoms in total. The van der Waals surface area contributed by atoms with E-state index in [0.717, 1.165) is 24.0 Å². The number of carbonyl (C=O) groups excluding carboxylic acids is 1. The van der Waals surface area contributed by atoms with Crippen molar-refractivity contribution in [1.29, 1.82) is 0 Å². The van der Waals surface area contributed by atoms with Crippen molar-refractivity contribution < 1.29 is 18.6 Å². The Morgan fingerprint density at radius 2 is 1.62 bits per heavy atom. The third-order valence-corrected chi connectivity index (χ3v) is 4.34. The van der Waals surface area contributed by atoms with Crippen LogP contribution in [0.4, 0.5) is 0 Å². The summed E-state index contributed by atoms with van der Waals surface area (Å²) in [6.07, 6.45) is 1.48. The number of hydrogen-bond donors (Lipinski definition) is 0. The van der Waals surface area contributed by atoms with Gasteiger partial charge < -0.3 is 18.6 Å². The molecule has 0 spiro atoms. The largest absolute Gasteiger partial charge is 0.485 e. The zero-order valence-electron chi connectivity index (χ0n) is 15.3. The Morgan fingerprint density at radius 3 is 2.27 bits per heavy atom. The van der Waals surface area contributed by atoms with Crippen LogP contribution in [0.2, 0.25) is 0 Å². The summed E-state index contributed by atoms with van der Waals surface area (Å²) in [5, 5.41) is 0. The van der Waals surface area contributed by atoms with E-state index >= 15 is 0 Å². The summed E-state index contributed by atoms with van der Waals surface area (Å²) in [6, 6.07) is 20.4. The van der Waals surface area contributed by atoms with E-state index in [0.29, 0.717) is 32.4 Å². The van der Waals surface area contributed by atoms with Gasteiger partial charge in [-0.3, -0.25) is 0 Å². The molecule has 0 amide bonds. The molecule has 3 rings (SSSR count). The molecule has 26 heavy (non-hydrogen) atoms. The quantitative estimate of drug-likeness (QED) is 0.530. The molecule has 138 valence electrons. The van der Waals surface area contributed by atoms with Crippen LogP contribution in [0, 0.1) is 0 Å². The number of cyclic esters (lactones) is 1. The lowest BCUT2D eigenvalue weighted by Crippen LogP contribution is -2.42. The fraction of sp³-hybridized carbons (Fsp3) is 0.409. The van der Waals surface area contributed by atoms with Gasteiger partial charge in [-0.15, -0.1) is 0 Å². The van der Waals surface area contributed by atoms with E-state index in [9.17, 15) is 0 Å². The van der Waals surface area contributed by atoms with Crippen LogP contribution in [-0.4, -0.2) is 31.4 Å². The summed E-state index contributed by atoms with van der Waals surface area (Å²) >= 11 is 0. The van der Waals surface area contributed by atoms with Gasteiger partial charge in [0.1, 0.15) is 19.1 Å². The topological polar surface area (TPSA) is 39.0 Å². The molecule has 0 bridgehead atoms. The monoisotopic (exact) mass is 355 g/mol. The van der Waals surface area contributed by atoms with Gasteiger partial charge >= 0.3 is 5.97 Å². The summed E-state index contributed by atoms with van der Waals surface area (Å²) in [4.78, 5) is 0. The van der Waals surface area contributed by atoms with Crippen LogP contribution >= 0.6 is 0 Å². The summed E-state index contributed by atoms with van der Waals surface area (Å²) in [5.74, 6) is 0.695. The van der Waals surface area contributed by atoms with E-state index in [1.54, 1.807) is 0 Å². The Bertz CT molecular complexity index is 669. The Kier molecular flexibility index (Phi) is 7.23. The van der Waals surface area contributed by atoms with Gasteiger partial charge in [-0.1, -0.05) is 60.7 Å². The normalized spacial score (nSPS) is 21.5. The van der Waals surface area contributed by atoms with Crippen LogP contribution in [0.15, 0.2) is 60.7 Å². The van der Waals surface area contributed by atoms with Gasteiger partial charge in [-0.2, -0.15) is 0 Å². The van der Waals surface area contributed by atoms with Crippen LogP contribution in [0.5, 0.6) is 0 Å². The third-order valence-electron chi connectivity index (χ3n) is 4.34. The zero-order chi connectivity index (χ0) is 18.0. The molecule has 1 fully saturated rings. The lowest BCUT2D eigenvalue weighted by molar-refractivity contribution is -0.467. The molecular weight excluding hydrogens is 328 g/mol. The summed E-state index contributed by atoms with van der Waals surface area (Å²) in [5.41, 5.74) is 2.31. The van der Waals surface area contributed by atoms with Crippen molar-refractivity contribution >= 4 is 5.97 Å². The van der Waals surface area contributed by atoms with Crippen LogP contribution < -0.4 is 0 Å². The smallest absolute Gasteiger partial charge is 0.370 e. The first-order valence-corrected chi connectivity index (χ1v) is 9.27. The van der Waals surface area contributed by atoms with E-state index in [1.807, 2.05) is 43.3 Å². The fourth-order valence-electron chi connectivity index (χ4n) is 2.99. The molecule has 1 aliphatic rings. The molecule has 1 saturated heterocycles. The molecule has 0 unspecified atom stereocenters. The van der Waals surface area contributed by atoms with Gasteiger partial charge in [-0.25, -0.2) is 0 Å². The third kappa shape index (κ3) is 5.68. The predicted molar refractivity (Wildman–Crippen MR) is 101 cm³/mol. The summed E-state index contributed by atoms with van der Waals surface area (Å²) in [7, 11) is 0. The van der Waals surface area contributed by atoms with Crippen molar-refractivity contribution in [1.82, 2.24) is 0 Å². The zero-order valence-corrected chi connectivity index (χ0v) is 15.3. The molecule has 0 radical (unpaired) electrons. The fourth-order valence-corrected chi connectivity index (χ4v) is 2.99. The first kappa shape index (κ1) is 18.6. The Morgan fingerprint density at radius 1 is 0.962 bits per heavy atom. The molecule has 2 atom stereocenters. The number of ether oxygens (including phenoxy) is 3. The Balaban J connectivity index is 1.55. The molecule has 1 heterocycles. The first-order chi connectivity index (χ1) is 12.8. The minimum absolute atomic E-state index is 0.00446. The van der Waals surface area contributed by atoms with Gasteiger partial charge in [-0.05, 0) is 24.5 Å². The summed E-state index contributed by atoms with van der Waals surface area (Å²) < 4.78 is 23.6. The van der Waals surface area contributed by atoms with Crippen LogP contribution in [-0.2, 0) is 31.8 Å². The highest BCUT2D eigenvalue weighted by Gasteiger charge is 2.39. The minimum atomic E-state index is -0.155. The molecule has 0 aromatic heterocycles. The number of benzene rings is 2. The first-order valence-electron chi connectivity index (χ1n) is 9.27. The standard InChI is InChI=1S/C22H27O4/c1-2-24-22-14-13-20(25-16-19-11-7-4-8-12-19)21(26-22)17-23-15-18-9-5-3-6-10-18/h3-12,20-21H,2,13-17H2,1H3/q+1/t20-,21+/m0/s1. The number of hydrogen-bond acceptors (Lipinski definition) is 3. The van der Waals surface area contributed by atoms with Crippen molar-refractivity contribution in [3.8, 4) is 0 Å². The second kappa shape index (κ2) is 10.1. The predicted octanol–water partition coefficient (Wildman–Crippen LogP) is 4.05. The highest BCUT2D eigenvalue weighted by molar-refractivity contribution is 5.71. The van der Waals surface area contributed by atoms with Crippen molar-refractivity contribution in [2.75, 3.05) is 13.2 Å². The van der Waals surface area contributed by atoms with Gasteiger partial charge in [0, 0.05) is 0 Å². The Hall–Kier alpha value is -2.17. The van der Waals surface area contributed by atoms with Gasteiger partial charge in [0.25, 0.3) is 0 Å². The molecule has 4 heteroatoms. The van der Waals surface area contributed by atoms with Gasteiger partial charge in [0.2, 0.25) is 6.10 Å². The molecule has 0 saturated carbocycles. The van der Waals surface area contributed by atoms with Crippen LogP contribution in [0.1, 0.15) is 30.9 Å². The lowest BCUT2D eigenvalue weighted by atomic mass is 10.1. The van der Waals surface area contributed by atoms with Crippen LogP contribution in [0.3, 0.4) is 0 Å². The second-order valence-corrected chi connectivity index (χ2v) is 6.34.